The van der Waals surface area contributed by atoms with Crippen molar-refractivity contribution in [3.63, 3.8) is 0 Å². The molecule has 2 aromatic heterocycles. The summed E-state index contributed by atoms with van der Waals surface area (Å²) in [6, 6.07) is 12.9. The number of esters is 1. The summed E-state index contributed by atoms with van der Waals surface area (Å²) in [5.41, 5.74) is 3.69. The van der Waals surface area contributed by atoms with Crippen molar-refractivity contribution in [3.8, 4) is 22.3 Å². The number of ether oxygens (including phenoxy) is 1. The molecule has 7 heteroatoms. The van der Waals surface area contributed by atoms with Crippen LogP contribution in [0.4, 0.5) is 10.6 Å². The fraction of sp³-hybridized carbons (Fsp3) is 0.182. The Labute approximate surface area is 169 Å². The fourth-order valence-electron chi connectivity index (χ4n) is 2.84. The van der Waals surface area contributed by atoms with Crippen LogP contribution in [0.1, 0.15) is 24.2 Å². The number of urea groups is 1. The molecule has 2 heterocycles. The number of hydrogen-bond acceptors (Lipinski definition) is 5. The van der Waals surface area contributed by atoms with E-state index in [0.29, 0.717) is 24.5 Å². The molecule has 148 valence electrons. The lowest BCUT2D eigenvalue weighted by Crippen LogP contribution is -2.28. The molecule has 0 unspecified atom stereocenters. The molecule has 3 aromatic rings. The summed E-state index contributed by atoms with van der Waals surface area (Å²) in [5.74, 6) is -0.00125. The van der Waals surface area contributed by atoms with E-state index < -0.39 is 5.97 Å². The first-order chi connectivity index (χ1) is 14.1. The number of carbonyl (C=O) groups is 2. The van der Waals surface area contributed by atoms with Crippen molar-refractivity contribution in [1.29, 1.82) is 0 Å². The number of hydrogen-bond donors (Lipinski definition) is 2. The largest absolute Gasteiger partial charge is 0.462 e. The van der Waals surface area contributed by atoms with E-state index in [1.54, 1.807) is 31.5 Å². The highest BCUT2D eigenvalue weighted by Crippen LogP contribution is 2.33. The van der Waals surface area contributed by atoms with Gasteiger partial charge < -0.3 is 10.1 Å². The maximum Gasteiger partial charge on any atom is 0.339 e. The molecule has 0 fully saturated rings. The molecule has 2 N–H and O–H groups in total. The quantitative estimate of drug-likeness (QED) is 0.617. The molecule has 0 radical (unpaired) electrons. The van der Waals surface area contributed by atoms with E-state index in [4.69, 9.17) is 4.74 Å². The minimum Gasteiger partial charge on any atom is -0.462 e. The van der Waals surface area contributed by atoms with Gasteiger partial charge in [-0.2, -0.15) is 0 Å². The Morgan fingerprint density at radius 2 is 1.76 bits per heavy atom. The van der Waals surface area contributed by atoms with Crippen LogP contribution in [0.3, 0.4) is 0 Å². The van der Waals surface area contributed by atoms with E-state index in [2.05, 4.69) is 20.6 Å². The normalized spacial score (nSPS) is 10.3. The zero-order valence-corrected chi connectivity index (χ0v) is 16.3. The summed E-state index contributed by atoms with van der Waals surface area (Å²) < 4.78 is 5.07. The minimum atomic E-state index is -0.425. The van der Waals surface area contributed by atoms with Crippen LogP contribution in [0, 0.1) is 0 Å². The van der Waals surface area contributed by atoms with Gasteiger partial charge in [-0.3, -0.25) is 10.3 Å². The van der Waals surface area contributed by atoms with E-state index in [1.165, 1.54) is 6.20 Å². The van der Waals surface area contributed by atoms with Gasteiger partial charge in [0.25, 0.3) is 0 Å². The fourth-order valence-corrected chi connectivity index (χ4v) is 2.84. The molecule has 29 heavy (non-hydrogen) atoms. The van der Waals surface area contributed by atoms with Crippen LogP contribution in [0.15, 0.2) is 61.1 Å². The zero-order valence-electron chi connectivity index (χ0n) is 16.3. The van der Waals surface area contributed by atoms with Crippen molar-refractivity contribution >= 4 is 17.8 Å². The monoisotopic (exact) mass is 390 g/mol. The molecular formula is C22H22N4O3. The lowest BCUT2D eigenvalue weighted by atomic mass is 9.96. The summed E-state index contributed by atoms with van der Waals surface area (Å²) in [4.78, 5) is 32.5. The third-order valence-electron chi connectivity index (χ3n) is 4.13. The van der Waals surface area contributed by atoms with Crippen molar-refractivity contribution in [2.45, 2.75) is 13.8 Å². The summed E-state index contributed by atoms with van der Waals surface area (Å²) in [6.07, 6.45) is 4.81. The number of benzene rings is 1. The van der Waals surface area contributed by atoms with Gasteiger partial charge in [0.05, 0.1) is 12.2 Å². The number of carbonyl (C=O) groups excluding carboxylic acids is 2. The van der Waals surface area contributed by atoms with Crippen molar-refractivity contribution in [3.05, 3.63) is 66.6 Å². The molecule has 0 spiro atoms. The van der Waals surface area contributed by atoms with Gasteiger partial charge in [-0.1, -0.05) is 30.3 Å². The Bertz CT molecular complexity index is 1010. The van der Waals surface area contributed by atoms with E-state index in [1.807, 2.05) is 37.3 Å². The summed E-state index contributed by atoms with van der Waals surface area (Å²) >= 11 is 0. The zero-order chi connectivity index (χ0) is 20.6. The van der Waals surface area contributed by atoms with Crippen molar-refractivity contribution in [2.24, 2.45) is 0 Å². The van der Waals surface area contributed by atoms with Gasteiger partial charge in [0.15, 0.2) is 0 Å². The second kappa shape index (κ2) is 9.45. The van der Waals surface area contributed by atoms with Gasteiger partial charge in [-0.05, 0) is 37.1 Å². The number of aromatic nitrogens is 2. The van der Waals surface area contributed by atoms with Gasteiger partial charge in [0.2, 0.25) is 0 Å². The Morgan fingerprint density at radius 3 is 2.48 bits per heavy atom. The van der Waals surface area contributed by atoms with Gasteiger partial charge in [0.1, 0.15) is 5.82 Å². The number of anilines is 1. The summed E-state index contributed by atoms with van der Waals surface area (Å²) in [7, 11) is 0. The van der Waals surface area contributed by atoms with E-state index in [0.717, 1.165) is 22.3 Å². The standard InChI is InChI=1S/C22H22N4O3/c1-3-24-22(28)26-20-11-18(15-8-6-5-7-9-15)19(14-25-20)16-10-17(13-23-12-16)21(27)29-4-2/h5-14H,3-4H2,1-2H3,(H2,24,25,26,28). The molecule has 0 aliphatic rings. The van der Waals surface area contributed by atoms with Crippen LogP contribution in [0.5, 0.6) is 0 Å². The van der Waals surface area contributed by atoms with Crippen LogP contribution in [-0.2, 0) is 4.74 Å². The predicted molar refractivity (Wildman–Crippen MR) is 112 cm³/mol. The first-order valence-electron chi connectivity index (χ1n) is 9.35. The lowest BCUT2D eigenvalue weighted by molar-refractivity contribution is 0.0526. The molecule has 7 nitrogen and oxygen atoms in total. The van der Waals surface area contributed by atoms with Crippen LogP contribution in [-0.4, -0.2) is 35.1 Å². The third-order valence-corrected chi connectivity index (χ3v) is 4.13. The molecule has 0 saturated heterocycles. The van der Waals surface area contributed by atoms with Crippen LogP contribution in [0.25, 0.3) is 22.3 Å². The SMILES string of the molecule is CCNC(=O)Nc1cc(-c2ccccc2)c(-c2cncc(C(=O)OCC)c2)cn1. The number of nitrogens with zero attached hydrogens (tertiary/aromatic N) is 2. The second-order valence-corrected chi connectivity index (χ2v) is 6.15. The molecule has 1 aromatic carbocycles. The number of rotatable bonds is 6. The molecule has 2 amide bonds. The van der Waals surface area contributed by atoms with Gasteiger partial charge in [0, 0.05) is 36.3 Å². The summed E-state index contributed by atoms with van der Waals surface area (Å²) in [5, 5.41) is 5.41. The van der Waals surface area contributed by atoms with E-state index in [9.17, 15) is 9.59 Å². The van der Waals surface area contributed by atoms with Crippen LogP contribution < -0.4 is 10.6 Å². The maximum absolute atomic E-state index is 12.1. The van der Waals surface area contributed by atoms with Crippen molar-refractivity contribution in [2.75, 3.05) is 18.5 Å². The van der Waals surface area contributed by atoms with Crippen molar-refractivity contribution in [1.82, 2.24) is 15.3 Å². The summed E-state index contributed by atoms with van der Waals surface area (Å²) in [6.45, 7) is 4.41. The first kappa shape index (κ1) is 20.0. The highest BCUT2D eigenvalue weighted by molar-refractivity contribution is 5.93. The van der Waals surface area contributed by atoms with Crippen LogP contribution in [0.2, 0.25) is 0 Å². The van der Waals surface area contributed by atoms with Gasteiger partial charge in [-0.15, -0.1) is 0 Å². The van der Waals surface area contributed by atoms with Gasteiger partial charge >= 0.3 is 12.0 Å². The maximum atomic E-state index is 12.1. The number of nitrogens with one attached hydrogen (secondary N) is 2. The Hall–Kier alpha value is -3.74. The molecule has 0 atom stereocenters. The van der Waals surface area contributed by atoms with Crippen LogP contribution >= 0.6 is 0 Å². The molecule has 3 rings (SSSR count). The van der Waals surface area contributed by atoms with E-state index in [-0.39, 0.29) is 6.03 Å². The molecule has 0 aliphatic carbocycles. The Morgan fingerprint density at radius 1 is 0.966 bits per heavy atom. The van der Waals surface area contributed by atoms with Gasteiger partial charge in [-0.25, -0.2) is 14.6 Å². The smallest absolute Gasteiger partial charge is 0.339 e. The predicted octanol–water partition coefficient (Wildman–Crippen LogP) is 4.13. The molecule has 0 bridgehead atoms. The minimum absolute atomic E-state index is 0.292. The average Bonchev–Trinajstić information content (AvgIpc) is 2.75. The first-order valence-corrected chi connectivity index (χ1v) is 9.35. The molecule has 0 saturated carbocycles. The third kappa shape index (κ3) is 4.95. The Balaban J connectivity index is 2.05. The highest BCUT2D eigenvalue weighted by Gasteiger charge is 2.14. The highest BCUT2D eigenvalue weighted by atomic mass is 16.5. The Kier molecular flexibility index (Phi) is 6.52. The van der Waals surface area contributed by atoms with E-state index >= 15 is 0 Å². The second-order valence-electron chi connectivity index (χ2n) is 6.15. The topological polar surface area (TPSA) is 93.2 Å². The molecule has 0 aliphatic heterocycles. The number of pyridine rings is 2. The average molecular weight is 390 g/mol. The van der Waals surface area contributed by atoms with Crippen molar-refractivity contribution < 1.29 is 14.3 Å². The molecular weight excluding hydrogens is 368 g/mol. The lowest BCUT2D eigenvalue weighted by Gasteiger charge is -2.13. The number of amides is 2.